The first kappa shape index (κ1) is 18.7. The maximum Gasteiger partial charge on any atom is 0.331 e. The molecule has 0 aliphatic heterocycles. The van der Waals surface area contributed by atoms with E-state index in [1.165, 1.54) is 24.3 Å². The first-order chi connectivity index (χ1) is 12.0. The zero-order valence-electron chi connectivity index (χ0n) is 13.5. The van der Waals surface area contributed by atoms with Crippen molar-refractivity contribution in [3.63, 3.8) is 0 Å². The monoisotopic (exact) mass is 361 g/mol. The van der Waals surface area contributed by atoms with Crippen LogP contribution in [0.15, 0.2) is 54.6 Å². The number of hydrogen-bond donors (Lipinski definition) is 1. The van der Waals surface area contributed by atoms with E-state index in [0.29, 0.717) is 0 Å². The number of esters is 1. The van der Waals surface area contributed by atoms with Crippen molar-refractivity contribution < 1.29 is 18.7 Å². The number of benzene rings is 2. The van der Waals surface area contributed by atoms with Gasteiger partial charge in [0, 0.05) is 11.6 Å². The summed E-state index contributed by atoms with van der Waals surface area (Å²) in [6, 6.07) is 13.4. The number of amides is 1. The second kappa shape index (κ2) is 8.99. The van der Waals surface area contributed by atoms with Gasteiger partial charge in [-0.05, 0) is 30.7 Å². The summed E-state index contributed by atoms with van der Waals surface area (Å²) in [6.07, 6.45) is 2.24. The van der Waals surface area contributed by atoms with Gasteiger partial charge >= 0.3 is 5.97 Å². The molecule has 0 saturated carbocycles. The first-order valence-electron chi connectivity index (χ1n) is 7.60. The molecule has 0 spiro atoms. The number of carbonyl (C=O) groups excluding carboxylic acids is 2. The van der Waals surface area contributed by atoms with E-state index < -0.39 is 24.3 Å². The largest absolute Gasteiger partial charge is 0.452 e. The van der Waals surface area contributed by atoms with Gasteiger partial charge in [0.25, 0.3) is 5.91 Å². The third-order valence-corrected chi connectivity index (χ3v) is 3.74. The predicted molar refractivity (Wildman–Crippen MR) is 94.4 cm³/mol. The molecule has 1 amide bonds. The van der Waals surface area contributed by atoms with Gasteiger partial charge in [0.05, 0.1) is 11.1 Å². The van der Waals surface area contributed by atoms with Crippen molar-refractivity contribution in [2.24, 2.45) is 0 Å². The molecule has 2 aromatic carbocycles. The Kier molecular flexibility index (Phi) is 6.71. The lowest BCUT2D eigenvalue weighted by molar-refractivity contribution is -0.144. The van der Waals surface area contributed by atoms with Crippen LogP contribution in [0.3, 0.4) is 0 Å². The van der Waals surface area contributed by atoms with Gasteiger partial charge in [0.2, 0.25) is 0 Å². The van der Waals surface area contributed by atoms with Gasteiger partial charge < -0.3 is 10.1 Å². The van der Waals surface area contributed by atoms with Crippen LogP contribution in [0.25, 0.3) is 6.08 Å². The number of carbonyl (C=O) groups is 2. The molecule has 0 saturated heterocycles. The molecule has 0 radical (unpaired) electrons. The standard InChI is InChI=1S/C19H17ClFNO3/c1-13(14-6-3-2-4-7-14)22-18(23)12-25-19(24)11-10-15-16(20)8-5-9-17(15)21/h2-11,13H,12H2,1H3,(H,22,23)/b11-10+/t13-/m0/s1. The number of hydrogen-bond acceptors (Lipinski definition) is 3. The van der Waals surface area contributed by atoms with Crippen LogP contribution in [0.2, 0.25) is 5.02 Å². The maximum absolute atomic E-state index is 13.6. The van der Waals surface area contributed by atoms with Gasteiger partial charge in [-0.3, -0.25) is 4.79 Å². The van der Waals surface area contributed by atoms with Gasteiger partial charge in [-0.1, -0.05) is 48.0 Å². The number of rotatable bonds is 6. The summed E-state index contributed by atoms with van der Waals surface area (Å²) < 4.78 is 18.4. The van der Waals surface area contributed by atoms with E-state index in [1.54, 1.807) is 0 Å². The summed E-state index contributed by atoms with van der Waals surface area (Å²) >= 11 is 5.85. The van der Waals surface area contributed by atoms with Crippen LogP contribution in [0.1, 0.15) is 24.1 Å². The molecule has 0 unspecified atom stereocenters. The van der Waals surface area contributed by atoms with Crippen LogP contribution < -0.4 is 5.32 Å². The molecule has 0 heterocycles. The van der Waals surface area contributed by atoms with E-state index in [1.807, 2.05) is 37.3 Å². The van der Waals surface area contributed by atoms with Crippen molar-refractivity contribution in [3.8, 4) is 0 Å². The Morgan fingerprint density at radius 2 is 1.92 bits per heavy atom. The second-order valence-electron chi connectivity index (χ2n) is 5.28. The highest BCUT2D eigenvalue weighted by Gasteiger charge is 2.11. The molecule has 1 N–H and O–H groups in total. The topological polar surface area (TPSA) is 55.4 Å². The van der Waals surface area contributed by atoms with E-state index in [4.69, 9.17) is 16.3 Å². The smallest absolute Gasteiger partial charge is 0.331 e. The van der Waals surface area contributed by atoms with Crippen molar-refractivity contribution in [1.82, 2.24) is 5.32 Å². The minimum atomic E-state index is -0.762. The first-order valence-corrected chi connectivity index (χ1v) is 7.98. The molecule has 0 aromatic heterocycles. The van der Waals surface area contributed by atoms with Crippen molar-refractivity contribution in [3.05, 3.63) is 76.6 Å². The molecule has 0 aliphatic rings. The Morgan fingerprint density at radius 1 is 1.20 bits per heavy atom. The van der Waals surface area contributed by atoms with Crippen LogP contribution in [-0.4, -0.2) is 18.5 Å². The van der Waals surface area contributed by atoms with Crippen LogP contribution >= 0.6 is 11.6 Å². The van der Waals surface area contributed by atoms with E-state index in [-0.39, 0.29) is 16.6 Å². The average molecular weight is 362 g/mol. The molecule has 1 atom stereocenters. The Bertz CT molecular complexity index is 757. The van der Waals surface area contributed by atoms with Crippen LogP contribution in [0.4, 0.5) is 4.39 Å². The van der Waals surface area contributed by atoms with Crippen LogP contribution in [-0.2, 0) is 14.3 Å². The lowest BCUT2D eigenvalue weighted by Crippen LogP contribution is -2.30. The summed E-state index contributed by atoms with van der Waals surface area (Å²) in [6.45, 7) is 1.40. The van der Waals surface area contributed by atoms with Crippen LogP contribution in [0.5, 0.6) is 0 Å². The van der Waals surface area contributed by atoms with Crippen molar-refractivity contribution >= 4 is 29.6 Å². The van der Waals surface area contributed by atoms with Crippen molar-refractivity contribution in [1.29, 1.82) is 0 Å². The Morgan fingerprint density at radius 3 is 2.60 bits per heavy atom. The summed E-state index contributed by atoms with van der Waals surface area (Å²) in [5.74, 6) is -1.74. The number of ether oxygens (including phenoxy) is 1. The Balaban J connectivity index is 1.83. The number of nitrogens with one attached hydrogen (secondary N) is 1. The maximum atomic E-state index is 13.6. The van der Waals surface area contributed by atoms with Gasteiger partial charge in [0.1, 0.15) is 5.82 Å². The fourth-order valence-corrected chi connectivity index (χ4v) is 2.34. The van der Waals surface area contributed by atoms with Crippen molar-refractivity contribution in [2.45, 2.75) is 13.0 Å². The molecule has 0 bridgehead atoms. The summed E-state index contributed by atoms with van der Waals surface area (Å²) in [4.78, 5) is 23.5. The third kappa shape index (κ3) is 5.72. The molecular formula is C19H17ClFNO3. The zero-order chi connectivity index (χ0) is 18.2. The van der Waals surface area contributed by atoms with Gasteiger partial charge in [0.15, 0.2) is 6.61 Å². The van der Waals surface area contributed by atoms with E-state index in [2.05, 4.69) is 5.32 Å². The molecular weight excluding hydrogens is 345 g/mol. The molecule has 2 aromatic rings. The SMILES string of the molecule is C[C@H](NC(=O)COC(=O)/C=C/c1c(F)cccc1Cl)c1ccccc1. The zero-order valence-corrected chi connectivity index (χ0v) is 14.3. The van der Waals surface area contributed by atoms with Gasteiger partial charge in [-0.15, -0.1) is 0 Å². The molecule has 2 rings (SSSR count). The highest BCUT2D eigenvalue weighted by Crippen LogP contribution is 2.20. The average Bonchev–Trinajstić information content (AvgIpc) is 2.60. The highest BCUT2D eigenvalue weighted by molar-refractivity contribution is 6.32. The lowest BCUT2D eigenvalue weighted by Gasteiger charge is -2.13. The van der Waals surface area contributed by atoms with Crippen LogP contribution in [0, 0.1) is 5.82 Å². The van der Waals surface area contributed by atoms with Gasteiger partial charge in [-0.2, -0.15) is 0 Å². The highest BCUT2D eigenvalue weighted by atomic mass is 35.5. The Hall–Kier alpha value is -2.66. The fraction of sp³-hybridized carbons (Fsp3) is 0.158. The summed E-state index contributed by atoms with van der Waals surface area (Å²) in [7, 11) is 0. The molecule has 0 aliphatic carbocycles. The third-order valence-electron chi connectivity index (χ3n) is 3.41. The fourth-order valence-electron chi connectivity index (χ4n) is 2.11. The summed E-state index contributed by atoms with van der Waals surface area (Å²) in [5, 5.41) is 2.90. The Labute approximate surface area is 150 Å². The summed E-state index contributed by atoms with van der Waals surface area (Å²) in [5.41, 5.74) is 1.03. The molecule has 0 fully saturated rings. The quantitative estimate of drug-likeness (QED) is 0.627. The normalized spacial score (nSPS) is 12.0. The number of halogens is 2. The minimum Gasteiger partial charge on any atom is -0.452 e. The molecule has 25 heavy (non-hydrogen) atoms. The van der Waals surface area contributed by atoms with Crippen molar-refractivity contribution in [2.75, 3.05) is 6.61 Å². The predicted octanol–water partition coefficient (Wildman–Crippen LogP) is 3.91. The van der Waals surface area contributed by atoms with Gasteiger partial charge in [-0.25, -0.2) is 9.18 Å². The second-order valence-corrected chi connectivity index (χ2v) is 5.68. The van der Waals surface area contributed by atoms with E-state index >= 15 is 0 Å². The lowest BCUT2D eigenvalue weighted by atomic mass is 10.1. The van der Waals surface area contributed by atoms with E-state index in [9.17, 15) is 14.0 Å². The molecule has 4 nitrogen and oxygen atoms in total. The van der Waals surface area contributed by atoms with E-state index in [0.717, 1.165) is 11.6 Å². The minimum absolute atomic E-state index is 0.0864. The molecule has 6 heteroatoms. The molecule has 130 valence electrons.